The van der Waals surface area contributed by atoms with Gasteiger partial charge in [0.05, 0.1) is 5.69 Å². The molecule has 1 unspecified atom stereocenters. The van der Waals surface area contributed by atoms with Gasteiger partial charge in [-0.25, -0.2) is 0 Å². The molecule has 2 atom stereocenters. The van der Waals surface area contributed by atoms with Crippen molar-refractivity contribution in [2.24, 2.45) is 0 Å². The zero-order chi connectivity index (χ0) is 15.6. The molecule has 21 heavy (non-hydrogen) atoms. The third kappa shape index (κ3) is 3.38. The lowest BCUT2D eigenvalue weighted by Crippen LogP contribution is -2.23. The summed E-state index contributed by atoms with van der Waals surface area (Å²) in [7, 11) is 0. The van der Waals surface area contributed by atoms with Crippen molar-refractivity contribution in [1.82, 2.24) is 15.1 Å². The van der Waals surface area contributed by atoms with Crippen LogP contribution in [0, 0.1) is 13.8 Å². The van der Waals surface area contributed by atoms with Gasteiger partial charge < -0.3 is 5.32 Å². The molecule has 0 fully saturated rings. The van der Waals surface area contributed by atoms with E-state index in [1.807, 2.05) is 6.07 Å². The van der Waals surface area contributed by atoms with Gasteiger partial charge in [-0.15, -0.1) is 0 Å². The van der Waals surface area contributed by atoms with E-state index < -0.39 is 0 Å². The van der Waals surface area contributed by atoms with Gasteiger partial charge in [-0.1, -0.05) is 34.1 Å². The predicted octanol–water partition coefficient (Wildman–Crippen LogP) is 4.69. The van der Waals surface area contributed by atoms with Gasteiger partial charge in [0.2, 0.25) is 0 Å². The average molecular weight is 350 g/mol. The number of aryl methyl sites for hydroxylation is 2. The zero-order valence-corrected chi connectivity index (χ0v) is 15.0. The summed E-state index contributed by atoms with van der Waals surface area (Å²) in [6, 6.07) is 8.91. The molecule has 2 rings (SSSR count). The fraction of sp³-hybridized carbons (Fsp3) is 0.471. The van der Waals surface area contributed by atoms with Crippen LogP contribution in [0.5, 0.6) is 0 Å². The van der Waals surface area contributed by atoms with Gasteiger partial charge in [0, 0.05) is 34.4 Å². The summed E-state index contributed by atoms with van der Waals surface area (Å²) >= 11 is 3.63. The highest BCUT2D eigenvalue weighted by molar-refractivity contribution is 9.10. The summed E-state index contributed by atoms with van der Waals surface area (Å²) in [6.07, 6.45) is 0. The van der Waals surface area contributed by atoms with Crippen LogP contribution in [0.15, 0.2) is 28.7 Å². The van der Waals surface area contributed by atoms with Gasteiger partial charge in [-0.05, 0) is 46.2 Å². The molecule has 0 saturated carbocycles. The average Bonchev–Trinajstić information content (AvgIpc) is 2.73. The van der Waals surface area contributed by atoms with E-state index in [2.05, 4.69) is 83.8 Å². The Hall–Kier alpha value is -1.13. The van der Waals surface area contributed by atoms with E-state index >= 15 is 0 Å². The number of benzene rings is 1. The summed E-state index contributed by atoms with van der Waals surface area (Å²) in [5.74, 6) is 0. The van der Waals surface area contributed by atoms with Crippen LogP contribution in [0.4, 0.5) is 0 Å². The first-order valence-corrected chi connectivity index (χ1v) is 8.29. The Balaban J connectivity index is 2.20. The molecule has 0 aliphatic heterocycles. The van der Waals surface area contributed by atoms with Crippen LogP contribution in [-0.2, 0) is 6.54 Å². The van der Waals surface area contributed by atoms with Gasteiger partial charge >= 0.3 is 0 Å². The van der Waals surface area contributed by atoms with Gasteiger partial charge in [0.25, 0.3) is 0 Å². The number of halogens is 1. The Morgan fingerprint density at radius 2 is 1.86 bits per heavy atom. The van der Waals surface area contributed by atoms with Crippen molar-refractivity contribution >= 4 is 15.9 Å². The molecule has 1 aromatic carbocycles. The molecule has 0 saturated heterocycles. The van der Waals surface area contributed by atoms with Gasteiger partial charge in [0.15, 0.2) is 0 Å². The first-order valence-electron chi connectivity index (χ1n) is 7.50. The Labute approximate surface area is 135 Å². The number of hydrogen-bond acceptors (Lipinski definition) is 2. The van der Waals surface area contributed by atoms with E-state index in [0.29, 0.717) is 0 Å². The van der Waals surface area contributed by atoms with Crippen molar-refractivity contribution < 1.29 is 0 Å². The van der Waals surface area contributed by atoms with Crippen molar-refractivity contribution in [1.29, 1.82) is 0 Å². The topological polar surface area (TPSA) is 29.9 Å². The van der Waals surface area contributed by atoms with Crippen molar-refractivity contribution in [2.45, 2.75) is 53.2 Å². The van der Waals surface area contributed by atoms with Crippen LogP contribution in [-0.4, -0.2) is 9.78 Å². The number of rotatable bonds is 5. The molecule has 1 heterocycles. The van der Waals surface area contributed by atoms with E-state index in [9.17, 15) is 0 Å². The fourth-order valence-corrected chi connectivity index (χ4v) is 3.65. The highest BCUT2D eigenvalue weighted by Crippen LogP contribution is 2.27. The van der Waals surface area contributed by atoms with Crippen molar-refractivity contribution in [2.75, 3.05) is 0 Å². The van der Waals surface area contributed by atoms with E-state index in [-0.39, 0.29) is 12.1 Å². The van der Waals surface area contributed by atoms with Gasteiger partial charge in [-0.2, -0.15) is 5.10 Å². The molecular formula is C17H24BrN3. The molecule has 0 bridgehead atoms. The quantitative estimate of drug-likeness (QED) is 0.848. The third-order valence-electron chi connectivity index (χ3n) is 4.04. The molecule has 2 aromatic rings. The van der Waals surface area contributed by atoms with Crippen LogP contribution >= 0.6 is 15.9 Å². The summed E-state index contributed by atoms with van der Waals surface area (Å²) < 4.78 is 3.22. The second-order valence-corrected chi connectivity index (χ2v) is 6.39. The van der Waals surface area contributed by atoms with Crippen LogP contribution in [0.3, 0.4) is 0 Å². The monoisotopic (exact) mass is 349 g/mol. The van der Waals surface area contributed by atoms with E-state index in [0.717, 1.165) is 16.7 Å². The molecular weight excluding hydrogens is 326 g/mol. The molecule has 0 aliphatic carbocycles. The molecule has 0 amide bonds. The molecule has 1 aromatic heterocycles. The summed E-state index contributed by atoms with van der Waals surface area (Å²) in [5.41, 5.74) is 4.97. The molecule has 0 aliphatic rings. The maximum Gasteiger partial charge on any atom is 0.0644 e. The minimum Gasteiger partial charge on any atom is -0.303 e. The lowest BCUT2D eigenvalue weighted by molar-refractivity contribution is 0.489. The van der Waals surface area contributed by atoms with Crippen LogP contribution in [0.2, 0.25) is 0 Å². The van der Waals surface area contributed by atoms with E-state index in [1.54, 1.807) is 0 Å². The largest absolute Gasteiger partial charge is 0.303 e. The summed E-state index contributed by atoms with van der Waals surface area (Å²) in [6.45, 7) is 11.7. The van der Waals surface area contributed by atoms with Crippen molar-refractivity contribution in [3.63, 3.8) is 0 Å². The fourth-order valence-electron chi connectivity index (χ4n) is 3.02. The first kappa shape index (κ1) is 16.2. The number of nitrogens with zero attached hydrogens (tertiary/aromatic N) is 2. The highest BCUT2D eigenvalue weighted by atomic mass is 79.9. The maximum atomic E-state index is 4.61. The molecule has 114 valence electrons. The third-order valence-corrected chi connectivity index (χ3v) is 4.76. The minimum absolute atomic E-state index is 0.271. The minimum atomic E-state index is 0.271. The SMILES string of the molecule is CCn1nc(C)c(C(C)N[C@@H](C)c2ccccc2Br)c1C. The van der Waals surface area contributed by atoms with Gasteiger partial charge in [0.1, 0.15) is 0 Å². The molecule has 4 heteroatoms. The number of nitrogens with one attached hydrogen (secondary N) is 1. The number of hydrogen-bond donors (Lipinski definition) is 1. The molecule has 0 spiro atoms. The predicted molar refractivity (Wildman–Crippen MR) is 91.5 cm³/mol. The second kappa shape index (κ2) is 6.75. The van der Waals surface area contributed by atoms with Crippen molar-refractivity contribution in [3.8, 4) is 0 Å². The second-order valence-electron chi connectivity index (χ2n) is 5.53. The van der Waals surface area contributed by atoms with Crippen LogP contribution in [0.25, 0.3) is 0 Å². The lowest BCUT2D eigenvalue weighted by Gasteiger charge is -2.22. The molecule has 0 radical (unpaired) electrons. The Morgan fingerprint density at radius 1 is 1.19 bits per heavy atom. The van der Waals surface area contributed by atoms with Crippen LogP contribution < -0.4 is 5.32 Å². The lowest BCUT2D eigenvalue weighted by atomic mass is 10.0. The zero-order valence-electron chi connectivity index (χ0n) is 13.4. The first-order chi connectivity index (χ1) is 9.95. The molecule has 3 nitrogen and oxygen atoms in total. The van der Waals surface area contributed by atoms with Gasteiger partial charge in [-0.3, -0.25) is 4.68 Å². The number of aromatic nitrogens is 2. The summed E-state index contributed by atoms with van der Waals surface area (Å²) in [5, 5.41) is 8.30. The van der Waals surface area contributed by atoms with E-state index in [1.165, 1.54) is 16.8 Å². The molecule has 1 N–H and O–H groups in total. The van der Waals surface area contributed by atoms with Crippen molar-refractivity contribution in [3.05, 3.63) is 51.3 Å². The maximum absolute atomic E-state index is 4.61. The van der Waals surface area contributed by atoms with E-state index in [4.69, 9.17) is 0 Å². The Morgan fingerprint density at radius 3 is 2.43 bits per heavy atom. The summed E-state index contributed by atoms with van der Waals surface area (Å²) in [4.78, 5) is 0. The standard InChI is InChI=1S/C17H24BrN3/c1-6-21-14(5)17(13(4)20-21)12(3)19-11(2)15-9-7-8-10-16(15)18/h7-12,19H,6H2,1-5H3/t11-,12?/m0/s1. The normalized spacial score (nSPS) is 14.2. The smallest absolute Gasteiger partial charge is 0.0644 e. The Bertz CT molecular complexity index is 618. The highest BCUT2D eigenvalue weighted by Gasteiger charge is 2.19. The van der Waals surface area contributed by atoms with Crippen LogP contribution in [0.1, 0.15) is 55.4 Å². The Kier molecular flexibility index (Phi) is 5.22.